The molecule has 1 aliphatic heterocycles. The molecule has 1 aliphatic rings. The number of carbonyl (C=O) groups is 2. The van der Waals surface area contributed by atoms with Crippen molar-refractivity contribution in [2.45, 2.75) is 6.92 Å². The lowest BCUT2D eigenvalue weighted by Crippen LogP contribution is -2.50. The summed E-state index contributed by atoms with van der Waals surface area (Å²) in [5.74, 6) is 1.89. The number of carbonyl (C=O) groups excluding carboxylic acids is 2. The molecule has 40 heavy (non-hydrogen) atoms. The van der Waals surface area contributed by atoms with E-state index in [1.54, 1.807) is 38.4 Å². The minimum atomic E-state index is -0.0910. The molecule has 5 rings (SSSR count). The molecule has 0 bridgehead atoms. The Hall–Kier alpha value is -4.72. The Morgan fingerprint density at radius 2 is 1.27 bits per heavy atom. The second kappa shape index (κ2) is 11.6. The van der Waals surface area contributed by atoms with Crippen LogP contribution in [0.15, 0.2) is 78.9 Å². The number of aromatic nitrogens is 1. The van der Waals surface area contributed by atoms with Crippen LogP contribution in [0.2, 0.25) is 0 Å². The Kier molecular flexibility index (Phi) is 7.77. The van der Waals surface area contributed by atoms with Gasteiger partial charge in [0.15, 0.2) is 0 Å². The first-order chi connectivity index (χ1) is 19.4. The summed E-state index contributed by atoms with van der Waals surface area (Å²) >= 11 is 0. The molecule has 0 N–H and O–H groups in total. The zero-order valence-corrected chi connectivity index (χ0v) is 23.2. The van der Waals surface area contributed by atoms with Crippen LogP contribution in [0.3, 0.4) is 0 Å². The number of hydrogen-bond acceptors (Lipinski definition) is 5. The molecule has 1 saturated heterocycles. The van der Waals surface area contributed by atoms with Crippen molar-refractivity contribution in [2.75, 3.05) is 47.5 Å². The number of hydrogen-bond donors (Lipinski definition) is 0. The standard InChI is InChI=1S/C32H33N3O5/c1-22-28(32(37)34-18-16-33(17-19-34)31(36)27-10-5-6-11-30(27)40-4)21-29(23-12-14-25(38-2)15-13-23)35(22)24-8-7-9-26(20-24)39-3/h5-15,20-21H,16-19H2,1-4H3. The van der Waals surface area contributed by atoms with Gasteiger partial charge >= 0.3 is 0 Å². The summed E-state index contributed by atoms with van der Waals surface area (Å²) in [6.07, 6.45) is 0. The Balaban J connectivity index is 1.43. The Morgan fingerprint density at radius 1 is 0.650 bits per heavy atom. The van der Waals surface area contributed by atoms with Gasteiger partial charge in [0.25, 0.3) is 11.8 Å². The molecule has 206 valence electrons. The minimum Gasteiger partial charge on any atom is -0.497 e. The van der Waals surface area contributed by atoms with E-state index in [-0.39, 0.29) is 11.8 Å². The third-order valence-corrected chi connectivity index (χ3v) is 7.37. The Bertz CT molecular complexity index is 1520. The van der Waals surface area contributed by atoms with Crippen molar-refractivity contribution in [3.63, 3.8) is 0 Å². The number of piperazine rings is 1. The molecule has 8 heteroatoms. The summed E-state index contributed by atoms with van der Waals surface area (Å²) in [6.45, 7) is 3.75. The van der Waals surface area contributed by atoms with Gasteiger partial charge in [-0.1, -0.05) is 18.2 Å². The minimum absolute atomic E-state index is 0.0571. The number of nitrogens with zero attached hydrogens (tertiary/aromatic N) is 3. The molecule has 0 aliphatic carbocycles. The summed E-state index contributed by atoms with van der Waals surface area (Å²) in [7, 11) is 4.83. The van der Waals surface area contributed by atoms with E-state index in [0.29, 0.717) is 43.1 Å². The van der Waals surface area contributed by atoms with E-state index in [1.807, 2.05) is 78.6 Å². The zero-order valence-electron chi connectivity index (χ0n) is 23.2. The lowest BCUT2D eigenvalue weighted by atomic mass is 10.1. The van der Waals surface area contributed by atoms with Gasteiger partial charge in [-0.25, -0.2) is 0 Å². The summed E-state index contributed by atoms with van der Waals surface area (Å²) in [6, 6.07) is 24.7. The summed E-state index contributed by atoms with van der Waals surface area (Å²) in [4.78, 5) is 30.6. The van der Waals surface area contributed by atoms with Gasteiger partial charge in [0.1, 0.15) is 17.2 Å². The fourth-order valence-corrected chi connectivity index (χ4v) is 5.15. The van der Waals surface area contributed by atoms with Crippen LogP contribution in [0, 0.1) is 6.92 Å². The lowest BCUT2D eigenvalue weighted by Gasteiger charge is -2.35. The van der Waals surface area contributed by atoms with E-state index in [4.69, 9.17) is 14.2 Å². The van der Waals surface area contributed by atoms with Crippen LogP contribution < -0.4 is 14.2 Å². The molecule has 1 aromatic heterocycles. The number of rotatable bonds is 7. The first-order valence-corrected chi connectivity index (χ1v) is 13.2. The van der Waals surface area contributed by atoms with Gasteiger partial charge in [0.05, 0.1) is 38.2 Å². The van der Waals surface area contributed by atoms with E-state index >= 15 is 0 Å². The van der Waals surface area contributed by atoms with Crippen molar-refractivity contribution >= 4 is 11.8 Å². The highest BCUT2D eigenvalue weighted by atomic mass is 16.5. The highest BCUT2D eigenvalue weighted by molar-refractivity contribution is 5.99. The van der Waals surface area contributed by atoms with Crippen LogP contribution in [0.1, 0.15) is 26.4 Å². The van der Waals surface area contributed by atoms with Gasteiger partial charge in [-0.3, -0.25) is 9.59 Å². The first-order valence-electron chi connectivity index (χ1n) is 13.2. The average molecular weight is 540 g/mol. The van der Waals surface area contributed by atoms with E-state index in [2.05, 4.69) is 4.57 Å². The van der Waals surface area contributed by atoms with E-state index < -0.39 is 0 Å². The molecule has 0 unspecified atom stereocenters. The fourth-order valence-electron chi connectivity index (χ4n) is 5.15. The molecule has 4 aromatic rings. The van der Waals surface area contributed by atoms with Gasteiger partial charge < -0.3 is 28.6 Å². The van der Waals surface area contributed by atoms with E-state index in [0.717, 1.165) is 34.1 Å². The van der Waals surface area contributed by atoms with Crippen molar-refractivity contribution in [3.8, 4) is 34.2 Å². The van der Waals surface area contributed by atoms with Crippen molar-refractivity contribution in [3.05, 3.63) is 95.7 Å². The van der Waals surface area contributed by atoms with E-state index in [1.165, 1.54) is 0 Å². The number of ether oxygens (including phenoxy) is 3. The molecule has 2 amide bonds. The number of para-hydroxylation sites is 1. The number of methoxy groups -OCH3 is 3. The maximum atomic E-state index is 13.9. The third kappa shape index (κ3) is 5.12. The van der Waals surface area contributed by atoms with Crippen molar-refractivity contribution in [1.29, 1.82) is 0 Å². The molecular formula is C32H33N3O5. The predicted octanol–water partition coefficient (Wildman–Crippen LogP) is 5.08. The van der Waals surface area contributed by atoms with Crippen LogP contribution in [-0.2, 0) is 0 Å². The number of benzene rings is 3. The molecule has 0 spiro atoms. The maximum absolute atomic E-state index is 13.9. The molecule has 3 aromatic carbocycles. The number of amides is 2. The summed E-state index contributed by atoms with van der Waals surface area (Å²) in [5, 5.41) is 0. The molecule has 8 nitrogen and oxygen atoms in total. The predicted molar refractivity (Wildman–Crippen MR) is 154 cm³/mol. The van der Waals surface area contributed by atoms with Crippen LogP contribution >= 0.6 is 0 Å². The molecule has 2 heterocycles. The molecule has 0 radical (unpaired) electrons. The quantitative estimate of drug-likeness (QED) is 0.328. The Labute approximate surface area is 234 Å². The van der Waals surface area contributed by atoms with E-state index in [9.17, 15) is 9.59 Å². The van der Waals surface area contributed by atoms with Crippen molar-refractivity contribution in [1.82, 2.24) is 14.4 Å². The highest BCUT2D eigenvalue weighted by Gasteiger charge is 2.29. The van der Waals surface area contributed by atoms with Crippen LogP contribution in [-0.4, -0.2) is 73.7 Å². The lowest BCUT2D eigenvalue weighted by molar-refractivity contribution is 0.0533. The smallest absolute Gasteiger partial charge is 0.257 e. The van der Waals surface area contributed by atoms with Gasteiger partial charge in [0.2, 0.25) is 0 Å². The molecule has 1 fully saturated rings. The molecule has 0 atom stereocenters. The van der Waals surface area contributed by atoms with Crippen molar-refractivity contribution in [2.24, 2.45) is 0 Å². The summed E-state index contributed by atoms with van der Waals surface area (Å²) < 4.78 is 18.3. The topological polar surface area (TPSA) is 73.2 Å². The zero-order chi connectivity index (χ0) is 28.2. The monoisotopic (exact) mass is 539 g/mol. The fraction of sp³-hybridized carbons (Fsp3) is 0.250. The van der Waals surface area contributed by atoms with Gasteiger partial charge in [0, 0.05) is 43.6 Å². The van der Waals surface area contributed by atoms with Crippen LogP contribution in [0.4, 0.5) is 0 Å². The SMILES string of the molecule is COc1ccc(-c2cc(C(=O)N3CCN(C(=O)c4ccccc4OC)CC3)c(C)n2-c2cccc(OC)c2)cc1. The molecular weight excluding hydrogens is 506 g/mol. The van der Waals surface area contributed by atoms with Crippen LogP contribution in [0.5, 0.6) is 17.2 Å². The van der Waals surface area contributed by atoms with Crippen LogP contribution in [0.25, 0.3) is 16.9 Å². The average Bonchev–Trinajstić information content (AvgIpc) is 3.37. The third-order valence-electron chi connectivity index (χ3n) is 7.37. The normalized spacial score (nSPS) is 13.2. The van der Waals surface area contributed by atoms with Crippen molar-refractivity contribution < 1.29 is 23.8 Å². The molecule has 0 saturated carbocycles. The van der Waals surface area contributed by atoms with Gasteiger partial charge in [-0.05, 0) is 67.1 Å². The second-order valence-electron chi connectivity index (χ2n) is 9.58. The van der Waals surface area contributed by atoms with Gasteiger partial charge in [-0.2, -0.15) is 0 Å². The Morgan fingerprint density at radius 3 is 1.90 bits per heavy atom. The maximum Gasteiger partial charge on any atom is 0.257 e. The summed E-state index contributed by atoms with van der Waals surface area (Å²) in [5.41, 5.74) is 4.73. The first kappa shape index (κ1) is 26.9. The largest absolute Gasteiger partial charge is 0.497 e. The van der Waals surface area contributed by atoms with Gasteiger partial charge in [-0.15, -0.1) is 0 Å². The second-order valence-corrected chi connectivity index (χ2v) is 9.58. The highest BCUT2D eigenvalue weighted by Crippen LogP contribution is 2.32.